The van der Waals surface area contributed by atoms with E-state index in [1.807, 2.05) is 35.8 Å². The lowest BCUT2D eigenvalue weighted by molar-refractivity contribution is 0.102. The number of thiazole rings is 1. The predicted octanol–water partition coefficient (Wildman–Crippen LogP) is 4.72. The van der Waals surface area contributed by atoms with Crippen LogP contribution in [-0.4, -0.2) is 41.7 Å². The van der Waals surface area contributed by atoms with Crippen LogP contribution < -0.4 is 5.32 Å². The molecule has 0 bridgehead atoms. The number of rotatable bonds is 5. The van der Waals surface area contributed by atoms with Gasteiger partial charge in [0.1, 0.15) is 0 Å². The maximum Gasteiger partial charge on any atom is 0.257 e. The van der Waals surface area contributed by atoms with Crippen molar-refractivity contribution in [2.75, 3.05) is 18.4 Å². The van der Waals surface area contributed by atoms with E-state index in [1.165, 1.54) is 21.7 Å². The second-order valence-corrected chi connectivity index (χ2v) is 10.5. The van der Waals surface area contributed by atoms with Gasteiger partial charge in [-0.05, 0) is 37.1 Å². The Bertz CT molecular complexity index is 1390. The van der Waals surface area contributed by atoms with Crippen LogP contribution in [0.15, 0.2) is 65.0 Å². The third-order valence-electron chi connectivity index (χ3n) is 5.64. The Labute approximate surface area is 190 Å². The van der Waals surface area contributed by atoms with Crippen LogP contribution in [0.25, 0.3) is 22.2 Å². The number of anilines is 1. The zero-order chi connectivity index (χ0) is 22.1. The van der Waals surface area contributed by atoms with Gasteiger partial charge in [0, 0.05) is 46.7 Å². The van der Waals surface area contributed by atoms with Gasteiger partial charge in [0.05, 0.1) is 10.6 Å². The lowest BCUT2D eigenvalue weighted by atomic mass is 10.1. The van der Waals surface area contributed by atoms with Gasteiger partial charge in [-0.25, -0.2) is 13.4 Å². The molecule has 0 atom stereocenters. The number of carbonyl (C=O) groups is 1. The van der Waals surface area contributed by atoms with Crippen molar-refractivity contribution in [3.63, 3.8) is 0 Å². The Morgan fingerprint density at radius 1 is 1.06 bits per heavy atom. The summed E-state index contributed by atoms with van der Waals surface area (Å²) in [5, 5.41) is 6.21. The molecule has 0 spiro atoms. The first-order valence-electron chi connectivity index (χ1n) is 10.5. The molecule has 4 aromatic rings. The molecule has 1 aliphatic heterocycles. The maximum atomic E-state index is 12.9. The van der Waals surface area contributed by atoms with Crippen molar-refractivity contribution >= 4 is 43.3 Å². The molecule has 1 amide bonds. The zero-order valence-corrected chi connectivity index (χ0v) is 18.9. The van der Waals surface area contributed by atoms with E-state index in [-0.39, 0.29) is 16.4 Å². The molecule has 9 heteroatoms. The number of para-hydroxylation sites is 1. The van der Waals surface area contributed by atoms with E-state index in [9.17, 15) is 13.2 Å². The summed E-state index contributed by atoms with van der Waals surface area (Å²) >= 11 is 1.33. The van der Waals surface area contributed by atoms with Gasteiger partial charge in [-0.3, -0.25) is 10.1 Å². The first-order valence-corrected chi connectivity index (χ1v) is 12.8. The number of aromatic nitrogens is 2. The van der Waals surface area contributed by atoms with Crippen LogP contribution in [0.5, 0.6) is 0 Å². The van der Waals surface area contributed by atoms with Crippen molar-refractivity contribution < 1.29 is 13.2 Å². The molecule has 1 saturated heterocycles. The smallest absolute Gasteiger partial charge is 0.257 e. The molecule has 1 aliphatic rings. The minimum absolute atomic E-state index is 0.144. The molecule has 2 N–H and O–H groups in total. The summed E-state index contributed by atoms with van der Waals surface area (Å²) in [6.07, 6.45) is 4.67. The summed E-state index contributed by atoms with van der Waals surface area (Å²) in [5.74, 6) is -0.388. The van der Waals surface area contributed by atoms with Gasteiger partial charge in [-0.2, -0.15) is 4.31 Å². The number of fused-ring (bicyclic) bond motifs is 1. The number of benzene rings is 2. The van der Waals surface area contributed by atoms with Crippen LogP contribution in [0.2, 0.25) is 0 Å². The second kappa shape index (κ2) is 8.50. The van der Waals surface area contributed by atoms with E-state index in [0.29, 0.717) is 18.2 Å². The molecule has 0 saturated carbocycles. The summed E-state index contributed by atoms with van der Waals surface area (Å²) in [4.78, 5) is 20.7. The maximum absolute atomic E-state index is 12.9. The van der Waals surface area contributed by atoms with Gasteiger partial charge < -0.3 is 4.98 Å². The van der Waals surface area contributed by atoms with Crippen molar-refractivity contribution in [2.45, 2.75) is 24.2 Å². The Balaban J connectivity index is 1.35. The number of piperidine rings is 1. The van der Waals surface area contributed by atoms with Crippen LogP contribution in [-0.2, 0) is 10.0 Å². The van der Waals surface area contributed by atoms with Crippen LogP contribution in [0.3, 0.4) is 0 Å². The molecule has 32 heavy (non-hydrogen) atoms. The lowest BCUT2D eigenvalue weighted by Crippen LogP contribution is -2.35. The highest BCUT2D eigenvalue weighted by Gasteiger charge is 2.26. The summed E-state index contributed by atoms with van der Waals surface area (Å²) in [7, 11) is -3.60. The van der Waals surface area contributed by atoms with Crippen LogP contribution >= 0.6 is 11.3 Å². The van der Waals surface area contributed by atoms with Gasteiger partial charge in [-0.1, -0.05) is 30.7 Å². The summed E-state index contributed by atoms with van der Waals surface area (Å²) in [6.45, 7) is 1.04. The first kappa shape index (κ1) is 20.9. The third kappa shape index (κ3) is 3.94. The van der Waals surface area contributed by atoms with E-state index in [4.69, 9.17) is 0 Å². The zero-order valence-electron chi connectivity index (χ0n) is 17.2. The quantitative estimate of drug-likeness (QED) is 0.445. The second-order valence-electron chi connectivity index (χ2n) is 7.73. The van der Waals surface area contributed by atoms with E-state index >= 15 is 0 Å². The van der Waals surface area contributed by atoms with Crippen LogP contribution in [0.1, 0.15) is 29.6 Å². The van der Waals surface area contributed by atoms with Gasteiger partial charge >= 0.3 is 0 Å². The molecule has 0 unspecified atom stereocenters. The number of nitrogens with one attached hydrogen (secondary N) is 2. The molecule has 5 rings (SSSR count). The van der Waals surface area contributed by atoms with E-state index in [1.54, 1.807) is 18.2 Å². The van der Waals surface area contributed by atoms with Crippen molar-refractivity contribution in [2.24, 2.45) is 0 Å². The fourth-order valence-corrected chi connectivity index (χ4v) is 6.23. The van der Waals surface area contributed by atoms with E-state index in [2.05, 4.69) is 15.3 Å². The number of carbonyl (C=O) groups excluding carboxylic acids is 1. The minimum atomic E-state index is -3.60. The first-order chi connectivity index (χ1) is 15.5. The molecule has 2 aromatic carbocycles. The lowest BCUT2D eigenvalue weighted by Gasteiger charge is -2.26. The number of amides is 1. The van der Waals surface area contributed by atoms with Gasteiger partial charge in [0.25, 0.3) is 5.91 Å². The number of hydrogen-bond acceptors (Lipinski definition) is 5. The Hall–Kier alpha value is -3.01. The van der Waals surface area contributed by atoms with Crippen LogP contribution in [0, 0.1) is 0 Å². The number of aromatic amines is 1. The fraction of sp³-hybridized carbons (Fsp3) is 0.217. The van der Waals surface area contributed by atoms with Crippen molar-refractivity contribution in [1.82, 2.24) is 14.3 Å². The summed E-state index contributed by atoms with van der Waals surface area (Å²) in [6, 6.07) is 14.1. The molecule has 0 aliphatic carbocycles. The highest BCUT2D eigenvalue weighted by Crippen LogP contribution is 2.31. The number of H-pyrrole nitrogens is 1. The van der Waals surface area contributed by atoms with Gasteiger partial charge in [0.2, 0.25) is 10.0 Å². The molecule has 164 valence electrons. The third-order valence-corrected chi connectivity index (χ3v) is 8.29. The Kier molecular flexibility index (Phi) is 5.54. The average molecular weight is 467 g/mol. The normalized spacial score (nSPS) is 15.1. The summed E-state index contributed by atoms with van der Waals surface area (Å²) in [5.41, 5.74) is 3.04. The molecule has 2 aromatic heterocycles. The van der Waals surface area contributed by atoms with E-state index in [0.717, 1.165) is 41.4 Å². The molecular weight excluding hydrogens is 444 g/mol. The van der Waals surface area contributed by atoms with Crippen molar-refractivity contribution in [3.05, 3.63) is 65.7 Å². The molecular formula is C23H22N4O3S2. The molecule has 1 fully saturated rings. The standard InChI is InChI=1S/C23H22N4O3S2/c28-22(16-7-6-8-17(13-16)32(29,30)27-11-4-1-5-12-27)26-23-25-21(15-31-23)19-14-24-20-10-3-2-9-18(19)20/h2-3,6-10,13-15,24H,1,4-5,11-12H2,(H,25,26,28). The number of nitrogens with zero attached hydrogens (tertiary/aromatic N) is 2. The van der Waals surface area contributed by atoms with Crippen LogP contribution in [0.4, 0.5) is 5.13 Å². The highest BCUT2D eigenvalue weighted by atomic mass is 32.2. The predicted molar refractivity (Wildman–Crippen MR) is 126 cm³/mol. The topological polar surface area (TPSA) is 95.2 Å². The van der Waals surface area contributed by atoms with Gasteiger partial charge in [-0.15, -0.1) is 11.3 Å². The SMILES string of the molecule is O=C(Nc1nc(-c2c[nH]c3ccccc23)cs1)c1cccc(S(=O)(=O)N2CCCCC2)c1. The van der Waals surface area contributed by atoms with Crippen molar-refractivity contribution in [1.29, 1.82) is 0 Å². The van der Waals surface area contributed by atoms with Gasteiger partial charge in [0.15, 0.2) is 5.13 Å². The molecule has 7 nitrogen and oxygen atoms in total. The highest BCUT2D eigenvalue weighted by molar-refractivity contribution is 7.89. The Morgan fingerprint density at radius 3 is 2.72 bits per heavy atom. The fourth-order valence-electron chi connectivity index (χ4n) is 3.96. The Morgan fingerprint density at radius 2 is 1.88 bits per heavy atom. The largest absolute Gasteiger partial charge is 0.360 e. The average Bonchev–Trinajstić information content (AvgIpc) is 3.46. The molecule has 3 heterocycles. The molecule has 0 radical (unpaired) electrons. The minimum Gasteiger partial charge on any atom is -0.360 e. The number of sulfonamides is 1. The number of hydrogen-bond donors (Lipinski definition) is 2. The van der Waals surface area contributed by atoms with E-state index < -0.39 is 10.0 Å². The summed E-state index contributed by atoms with van der Waals surface area (Å²) < 4.78 is 27.4. The van der Waals surface area contributed by atoms with Crippen molar-refractivity contribution in [3.8, 4) is 11.3 Å². The monoisotopic (exact) mass is 466 g/mol.